The molecule has 2 rings (SSSR count). The molecule has 0 aliphatic rings. The van der Waals surface area contributed by atoms with Gasteiger partial charge in [-0.05, 0) is 58.6 Å². The molecule has 1 aromatic carbocycles. The lowest BCUT2D eigenvalue weighted by Gasteiger charge is -2.07. The molecule has 0 unspecified atom stereocenters. The molecule has 1 aromatic heterocycles. The zero-order valence-corrected chi connectivity index (χ0v) is 14.3. The fraction of sp³-hybridized carbons (Fsp3) is 0.286. The van der Waals surface area contributed by atoms with Crippen LogP contribution in [0.1, 0.15) is 25.3 Å². The van der Waals surface area contributed by atoms with Gasteiger partial charge in [-0.25, -0.2) is 8.42 Å². The van der Waals surface area contributed by atoms with Crippen molar-refractivity contribution >= 4 is 43.0 Å². The third kappa shape index (κ3) is 4.07. The first-order chi connectivity index (χ1) is 9.51. The van der Waals surface area contributed by atoms with Crippen LogP contribution in [-0.2, 0) is 16.4 Å². The summed E-state index contributed by atoms with van der Waals surface area (Å²) in [6.45, 7) is 2.15. The minimum absolute atomic E-state index is 0.305. The van der Waals surface area contributed by atoms with Crippen molar-refractivity contribution in [1.29, 1.82) is 0 Å². The zero-order chi connectivity index (χ0) is 14.6. The van der Waals surface area contributed by atoms with Crippen LogP contribution in [0.4, 0.5) is 5.69 Å². The van der Waals surface area contributed by atoms with Crippen molar-refractivity contribution in [1.82, 2.24) is 0 Å². The van der Waals surface area contributed by atoms with Gasteiger partial charge in [-0.3, -0.25) is 4.72 Å². The van der Waals surface area contributed by atoms with Crippen LogP contribution >= 0.6 is 27.3 Å². The highest BCUT2D eigenvalue weighted by Crippen LogP contribution is 2.27. The van der Waals surface area contributed by atoms with E-state index in [0.29, 0.717) is 9.90 Å². The lowest BCUT2D eigenvalue weighted by atomic mass is 10.1. The summed E-state index contributed by atoms with van der Waals surface area (Å²) in [5, 5.41) is 0. The average Bonchev–Trinajstić information content (AvgIpc) is 2.85. The molecule has 1 N–H and O–H groups in total. The quantitative estimate of drug-likeness (QED) is 0.800. The molecule has 1 heterocycles. The minimum Gasteiger partial charge on any atom is -0.279 e. The predicted octanol–water partition coefficient (Wildman–Crippen LogP) is 4.65. The first-order valence-electron chi connectivity index (χ1n) is 6.38. The first kappa shape index (κ1) is 15.5. The Labute approximate surface area is 132 Å². The maximum Gasteiger partial charge on any atom is 0.271 e. The van der Waals surface area contributed by atoms with Gasteiger partial charge in [0.2, 0.25) is 0 Å². The van der Waals surface area contributed by atoms with Crippen molar-refractivity contribution < 1.29 is 8.42 Å². The number of anilines is 1. The van der Waals surface area contributed by atoms with Gasteiger partial charge < -0.3 is 0 Å². The first-order valence-corrected chi connectivity index (χ1v) is 9.47. The van der Waals surface area contributed by atoms with Gasteiger partial charge in [-0.2, -0.15) is 0 Å². The van der Waals surface area contributed by atoms with Crippen LogP contribution in [0.2, 0.25) is 0 Å². The Balaban J connectivity index is 2.09. The van der Waals surface area contributed by atoms with Crippen molar-refractivity contribution in [2.24, 2.45) is 0 Å². The van der Waals surface area contributed by atoms with E-state index in [1.165, 1.54) is 16.9 Å². The molecular weight excluding hydrogens is 358 g/mol. The maximum atomic E-state index is 12.2. The summed E-state index contributed by atoms with van der Waals surface area (Å²) in [6, 6.07) is 10.9. The Morgan fingerprint density at radius 2 is 1.85 bits per heavy atom. The second-order valence-electron chi connectivity index (χ2n) is 4.46. The summed E-state index contributed by atoms with van der Waals surface area (Å²) < 4.78 is 28.0. The molecule has 108 valence electrons. The summed E-state index contributed by atoms with van der Waals surface area (Å²) in [7, 11) is -3.48. The smallest absolute Gasteiger partial charge is 0.271 e. The molecule has 0 atom stereocenters. The lowest BCUT2D eigenvalue weighted by Crippen LogP contribution is -2.11. The van der Waals surface area contributed by atoms with Crippen LogP contribution < -0.4 is 4.72 Å². The Morgan fingerprint density at radius 3 is 2.40 bits per heavy atom. The third-order valence-electron chi connectivity index (χ3n) is 2.84. The van der Waals surface area contributed by atoms with Crippen LogP contribution in [0.15, 0.2) is 44.4 Å². The second-order valence-corrected chi connectivity index (χ2v) is 8.84. The van der Waals surface area contributed by atoms with Crippen LogP contribution in [0.25, 0.3) is 0 Å². The van der Waals surface area contributed by atoms with E-state index in [1.807, 2.05) is 24.3 Å². The van der Waals surface area contributed by atoms with Gasteiger partial charge in [0.15, 0.2) is 0 Å². The van der Waals surface area contributed by atoms with Gasteiger partial charge in [-0.15, -0.1) is 11.3 Å². The van der Waals surface area contributed by atoms with E-state index >= 15 is 0 Å². The van der Waals surface area contributed by atoms with Crippen molar-refractivity contribution in [3.05, 3.63) is 45.7 Å². The molecule has 0 aliphatic carbocycles. The molecule has 0 bridgehead atoms. The number of hydrogen-bond acceptors (Lipinski definition) is 3. The van der Waals surface area contributed by atoms with Crippen molar-refractivity contribution in [3.8, 4) is 0 Å². The zero-order valence-electron chi connectivity index (χ0n) is 11.1. The molecule has 0 saturated carbocycles. The molecule has 0 spiro atoms. The van der Waals surface area contributed by atoms with Gasteiger partial charge in [0.25, 0.3) is 10.0 Å². The summed E-state index contributed by atoms with van der Waals surface area (Å²) in [5.74, 6) is 0. The molecule has 2 aromatic rings. The van der Waals surface area contributed by atoms with E-state index < -0.39 is 10.0 Å². The van der Waals surface area contributed by atoms with E-state index in [4.69, 9.17) is 0 Å². The normalized spacial score (nSPS) is 11.5. The number of aryl methyl sites for hydroxylation is 1. The number of rotatable bonds is 6. The number of halogens is 1. The monoisotopic (exact) mass is 373 g/mol. The lowest BCUT2D eigenvalue weighted by molar-refractivity contribution is 0.603. The highest BCUT2D eigenvalue weighted by atomic mass is 79.9. The van der Waals surface area contributed by atoms with Crippen molar-refractivity contribution in [2.75, 3.05) is 4.72 Å². The number of unbranched alkanes of at least 4 members (excludes halogenated alkanes) is 1. The van der Waals surface area contributed by atoms with E-state index in [9.17, 15) is 8.42 Å². The second kappa shape index (κ2) is 6.74. The fourth-order valence-electron chi connectivity index (χ4n) is 1.77. The van der Waals surface area contributed by atoms with Gasteiger partial charge in [-0.1, -0.05) is 25.5 Å². The van der Waals surface area contributed by atoms with Crippen molar-refractivity contribution in [3.63, 3.8) is 0 Å². The molecular formula is C14H16BrNO2S2. The molecule has 0 saturated heterocycles. The number of nitrogens with one attached hydrogen (secondary N) is 1. The molecule has 20 heavy (non-hydrogen) atoms. The van der Waals surface area contributed by atoms with E-state index in [-0.39, 0.29) is 0 Å². The Hall–Kier alpha value is -0.850. The number of thiophene rings is 1. The number of benzene rings is 1. The summed E-state index contributed by atoms with van der Waals surface area (Å²) in [6.07, 6.45) is 3.33. The Bertz CT molecular complexity index is 663. The van der Waals surface area contributed by atoms with Crippen LogP contribution in [0.3, 0.4) is 0 Å². The van der Waals surface area contributed by atoms with Gasteiger partial charge in [0, 0.05) is 5.69 Å². The van der Waals surface area contributed by atoms with Crippen LogP contribution in [0, 0.1) is 0 Å². The number of hydrogen-bond donors (Lipinski definition) is 1. The summed E-state index contributed by atoms with van der Waals surface area (Å²) in [5.41, 5.74) is 1.82. The van der Waals surface area contributed by atoms with Crippen LogP contribution in [0.5, 0.6) is 0 Å². The molecule has 0 radical (unpaired) electrons. The Morgan fingerprint density at radius 1 is 1.15 bits per heavy atom. The maximum absolute atomic E-state index is 12.2. The molecule has 0 amide bonds. The van der Waals surface area contributed by atoms with Crippen molar-refractivity contribution in [2.45, 2.75) is 30.4 Å². The highest BCUT2D eigenvalue weighted by molar-refractivity contribution is 9.11. The topological polar surface area (TPSA) is 46.2 Å². The molecule has 6 heteroatoms. The van der Waals surface area contributed by atoms with E-state index in [2.05, 4.69) is 27.6 Å². The largest absolute Gasteiger partial charge is 0.279 e. The molecule has 0 fully saturated rings. The van der Waals surface area contributed by atoms with Crippen LogP contribution in [-0.4, -0.2) is 8.42 Å². The van der Waals surface area contributed by atoms with Gasteiger partial charge in [0.1, 0.15) is 4.21 Å². The summed E-state index contributed by atoms with van der Waals surface area (Å²) >= 11 is 4.46. The molecule has 3 nitrogen and oxygen atoms in total. The third-order valence-corrected chi connectivity index (χ3v) is 6.34. The number of sulfonamides is 1. The fourth-order valence-corrected chi connectivity index (χ4v) is 4.84. The standard InChI is InChI=1S/C14H16BrNO2S2/c1-2-3-4-11-5-7-12(8-6-11)16-20(17,18)14-10-9-13(15)19-14/h5-10,16H,2-4H2,1H3. The SMILES string of the molecule is CCCCc1ccc(NS(=O)(=O)c2ccc(Br)s2)cc1. The van der Waals surface area contributed by atoms with Gasteiger partial charge in [0.05, 0.1) is 3.79 Å². The van der Waals surface area contributed by atoms with Gasteiger partial charge >= 0.3 is 0 Å². The Kier molecular flexibility index (Phi) is 5.23. The molecule has 0 aliphatic heterocycles. The summed E-state index contributed by atoms with van der Waals surface area (Å²) in [4.78, 5) is 0. The minimum atomic E-state index is -3.48. The predicted molar refractivity (Wildman–Crippen MR) is 87.9 cm³/mol. The van der Waals surface area contributed by atoms with E-state index in [0.717, 1.165) is 23.0 Å². The highest BCUT2D eigenvalue weighted by Gasteiger charge is 2.16. The average molecular weight is 374 g/mol. The van der Waals surface area contributed by atoms with E-state index in [1.54, 1.807) is 12.1 Å².